The average molecular weight is 422 g/mol. The van der Waals surface area contributed by atoms with Gasteiger partial charge in [-0.2, -0.15) is 0 Å². The summed E-state index contributed by atoms with van der Waals surface area (Å²) in [5.41, 5.74) is 2.27. The quantitative estimate of drug-likeness (QED) is 0.641. The van der Waals surface area contributed by atoms with E-state index in [2.05, 4.69) is 5.32 Å². The first-order valence-electron chi connectivity index (χ1n) is 8.87. The fraction of sp³-hybridized carbons (Fsp3) is 0.333. The smallest absolute Gasteiger partial charge is 0.305 e. The molecular weight excluding hydrogens is 398 g/mol. The van der Waals surface area contributed by atoms with Crippen LogP contribution in [0.3, 0.4) is 0 Å². The summed E-state index contributed by atoms with van der Waals surface area (Å²) in [4.78, 5) is 23.7. The number of benzene rings is 2. The van der Waals surface area contributed by atoms with Crippen molar-refractivity contribution in [2.75, 3.05) is 20.8 Å². The van der Waals surface area contributed by atoms with Crippen LogP contribution in [-0.2, 0) is 9.59 Å². The van der Waals surface area contributed by atoms with Crippen molar-refractivity contribution in [1.29, 1.82) is 0 Å². The van der Waals surface area contributed by atoms with Crippen molar-refractivity contribution in [2.45, 2.75) is 26.3 Å². The van der Waals surface area contributed by atoms with E-state index in [0.717, 1.165) is 11.1 Å². The topological polar surface area (TPSA) is 94.1 Å². The molecule has 1 atom stereocenters. The molecule has 0 saturated carbocycles. The molecule has 0 saturated heterocycles. The van der Waals surface area contributed by atoms with Crippen LogP contribution in [0.2, 0.25) is 5.02 Å². The number of methoxy groups -OCH3 is 2. The average Bonchev–Trinajstić information content (AvgIpc) is 2.68. The van der Waals surface area contributed by atoms with Crippen molar-refractivity contribution in [3.63, 3.8) is 0 Å². The number of amides is 1. The lowest BCUT2D eigenvalue weighted by Crippen LogP contribution is -2.33. The molecule has 0 aliphatic rings. The first-order valence-corrected chi connectivity index (χ1v) is 9.25. The summed E-state index contributed by atoms with van der Waals surface area (Å²) < 4.78 is 16.0. The Hall–Kier alpha value is -2.93. The highest BCUT2D eigenvalue weighted by Gasteiger charge is 2.20. The number of aliphatic carboxylic acids is 1. The van der Waals surface area contributed by atoms with Crippen molar-refractivity contribution < 1.29 is 28.9 Å². The number of halogens is 1. The minimum Gasteiger partial charge on any atom is -0.493 e. The zero-order valence-corrected chi connectivity index (χ0v) is 17.5. The van der Waals surface area contributed by atoms with Crippen LogP contribution in [0.25, 0.3) is 0 Å². The van der Waals surface area contributed by atoms with Gasteiger partial charge in [0.05, 0.1) is 26.7 Å². The van der Waals surface area contributed by atoms with Gasteiger partial charge in [0.2, 0.25) is 0 Å². The number of rotatable bonds is 9. The standard InChI is InChI=1S/C21H24ClNO6/c1-12-7-15(8-13(2)21(12)22)29-11-19(24)23-16(10-20(25)26)14-5-6-17(27-3)18(9-14)28-4/h5-9,16H,10-11H2,1-4H3,(H,23,24)(H,25,26). The van der Waals surface area contributed by atoms with Gasteiger partial charge >= 0.3 is 5.97 Å². The summed E-state index contributed by atoms with van der Waals surface area (Å²) in [6, 6.07) is 7.71. The van der Waals surface area contributed by atoms with Crippen LogP contribution in [0.4, 0.5) is 0 Å². The van der Waals surface area contributed by atoms with Crippen molar-refractivity contribution >= 4 is 23.5 Å². The number of ether oxygens (including phenoxy) is 3. The fourth-order valence-electron chi connectivity index (χ4n) is 2.87. The molecule has 2 aromatic rings. The molecule has 0 aliphatic carbocycles. The number of hydrogen-bond acceptors (Lipinski definition) is 5. The van der Waals surface area contributed by atoms with E-state index in [1.165, 1.54) is 14.2 Å². The number of carboxylic acids is 1. The Labute approximate surface area is 174 Å². The largest absolute Gasteiger partial charge is 0.493 e. The molecule has 2 rings (SSSR count). The van der Waals surface area contributed by atoms with Crippen molar-refractivity contribution in [3.05, 3.63) is 52.0 Å². The summed E-state index contributed by atoms with van der Waals surface area (Å²) in [5.74, 6) is -0.0295. The van der Waals surface area contributed by atoms with Gasteiger partial charge in [-0.05, 0) is 54.8 Å². The number of carbonyl (C=O) groups is 2. The zero-order chi connectivity index (χ0) is 21.6. The van der Waals surface area contributed by atoms with Crippen LogP contribution in [0.5, 0.6) is 17.2 Å². The van der Waals surface area contributed by atoms with E-state index in [9.17, 15) is 14.7 Å². The normalized spacial score (nSPS) is 11.5. The van der Waals surface area contributed by atoms with Crippen molar-refractivity contribution in [1.82, 2.24) is 5.32 Å². The van der Waals surface area contributed by atoms with Gasteiger partial charge in [0, 0.05) is 5.02 Å². The monoisotopic (exact) mass is 421 g/mol. The van der Waals surface area contributed by atoms with Gasteiger partial charge in [-0.1, -0.05) is 17.7 Å². The molecule has 156 valence electrons. The lowest BCUT2D eigenvalue weighted by Gasteiger charge is -2.19. The van der Waals surface area contributed by atoms with Gasteiger partial charge in [-0.3, -0.25) is 9.59 Å². The van der Waals surface area contributed by atoms with Crippen LogP contribution in [0.15, 0.2) is 30.3 Å². The highest BCUT2D eigenvalue weighted by atomic mass is 35.5. The van der Waals surface area contributed by atoms with Gasteiger partial charge < -0.3 is 24.6 Å². The second-order valence-corrected chi connectivity index (χ2v) is 6.87. The lowest BCUT2D eigenvalue weighted by molar-refractivity contribution is -0.137. The summed E-state index contributed by atoms with van der Waals surface area (Å²) in [7, 11) is 2.99. The zero-order valence-electron chi connectivity index (χ0n) is 16.7. The van der Waals surface area contributed by atoms with Gasteiger partial charge in [-0.15, -0.1) is 0 Å². The Morgan fingerprint density at radius 2 is 1.69 bits per heavy atom. The van der Waals surface area contributed by atoms with E-state index < -0.39 is 17.9 Å². The van der Waals surface area contributed by atoms with E-state index in [1.54, 1.807) is 30.3 Å². The number of nitrogens with one attached hydrogen (secondary N) is 1. The minimum absolute atomic E-state index is 0.260. The summed E-state index contributed by atoms with van der Waals surface area (Å²) in [6.07, 6.45) is -0.291. The first kappa shape index (κ1) is 22.4. The molecule has 2 N–H and O–H groups in total. The molecule has 8 heteroatoms. The second kappa shape index (κ2) is 10.0. The molecule has 0 aliphatic heterocycles. The first-order chi connectivity index (χ1) is 13.7. The predicted molar refractivity (Wildman–Crippen MR) is 109 cm³/mol. The summed E-state index contributed by atoms with van der Waals surface area (Å²) >= 11 is 6.13. The maximum atomic E-state index is 12.4. The van der Waals surface area contributed by atoms with Crippen molar-refractivity contribution in [2.24, 2.45) is 0 Å². The molecule has 1 unspecified atom stereocenters. The molecule has 2 aromatic carbocycles. The predicted octanol–water partition coefficient (Wildman–Crippen LogP) is 3.69. The lowest BCUT2D eigenvalue weighted by atomic mass is 10.0. The molecule has 0 aromatic heterocycles. The molecule has 1 amide bonds. The number of hydrogen-bond donors (Lipinski definition) is 2. The molecule has 0 bridgehead atoms. The Kier molecular flexibility index (Phi) is 7.73. The second-order valence-electron chi connectivity index (χ2n) is 6.49. The van der Waals surface area contributed by atoms with Gasteiger partial charge in [0.15, 0.2) is 18.1 Å². The van der Waals surface area contributed by atoms with Crippen LogP contribution in [0.1, 0.15) is 29.2 Å². The number of aryl methyl sites for hydroxylation is 2. The van der Waals surface area contributed by atoms with E-state index in [4.69, 9.17) is 25.8 Å². The minimum atomic E-state index is -1.05. The highest BCUT2D eigenvalue weighted by molar-refractivity contribution is 6.32. The maximum Gasteiger partial charge on any atom is 0.305 e. The Bertz CT molecular complexity index is 876. The Morgan fingerprint density at radius 3 is 2.24 bits per heavy atom. The molecule has 7 nitrogen and oxygen atoms in total. The van der Waals surface area contributed by atoms with E-state index in [0.29, 0.717) is 27.8 Å². The number of carboxylic acid groups (broad SMARTS) is 1. The SMILES string of the molecule is COc1ccc(C(CC(=O)O)NC(=O)COc2cc(C)c(Cl)c(C)c2)cc1OC. The van der Waals surface area contributed by atoms with E-state index >= 15 is 0 Å². The number of carbonyl (C=O) groups excluding carboxylic acids is 1. The third-order valence-electron chi connectivity index (χ3n) is 4.30. The highest BCUT2D eigenvalue weighted by Crippen LogP contribution is 2.31. The van der Waals surface area contributed by atoms with Gasteiger partial charge in [0.1, 0.15) is 5.75 Å². The van der Waals surface area contributed by atoms with Gasteiger partial charge in [-0.25, -0.2) is 0 Å². The fourth-order valence-corrected chi connectivity index (χ4v) is 2.98. The van der Waals surface area contributed by atoms with Crippen molar-refractivity contribution in [3.8, 4) is 17.2 Å². The van der Waals surface area contributed by atoms with E-state index in [1.807, 2.05) is 13.8 Å². The Morgan fingerprint density at radius 1 is 1.07 bits per heavy atom. The third kappa shape index (κ3) is 6.02. The molecule has 0 radical (unpaired) electrons. The maximum absolute atomic E-state index is 12.4. The summed E-state index contributed by atoms with van der Waals surface area (Å²) in [5, 5.41) is 12.6. The van der Waals surface area contributed by atoms with Gasteiger partial charge in [0.25, 0.3) is 5.91 Å². The molecule has 29 heavy (non-hydrogen) atoms. The van der Waals surface area contributed by atoms with E-state index in [-0.39, 0.29) is 13.0 Å². The molecular formula is C21H24ClNO6. The van der Waals surface area contributed by atoms with Crippen LogP contribution >= 0.6 is 11.6 Å². The molecule has 0 heterocycles. The Balaban J connectivity index is 2.11. The van der Waals surface area contributed by atoms with Crippen LogP contribution in [-0.4, -0.2) is 37.8 Å². The van der Waals surface area contributed by atoms with Crippen LogP contribution in [0, 0.1) is 13.8 Å². The molecule has 0 fully saturated rings. The summed E-state index contributed by atoms with van der Waals surface area (Å²) in [6.45, 7) is 3.44. The molecule has 0 spiro atoms. The third-order valence-corrected chi connectivity index (χ3v) is 4.90. The van der Waals surface area contributed by atoms with Crippen LogP contribution < -0.4 is 19.5 Å².